The summed E-state index contributed by atoms with van der Waals surface area (Å²) in [6.45, 7) is 5.67. The van der Waals surface area contributed by atoms with E-state index in [-0.39, 0.29) is 29.8 Å². The smallest absolute Gasteiger partial charge is 0.257 e. The Morgan fingerprint density at radius 2 is 1.72 bits per heavy atom. The third-order valence-electron chi connectivity index (χ3n) is 7.10. The van der Waals surface area contributed by atoms with E-state index < -0.39 is 0 Å². The number of hydrogen-bond donors (Lipinski definition) is 1. The number of H-pyrrole nitrogens is 1. The number of benzene rings is 1. The van der Waals surface area contributed by atoms with Crippen molar-refractivity contribution in [3.8, 4) is 5.75 Å². The number of hydrogen-bond acceptors (Lipinski definition) is 4. The number of carbonyl (C=O) groups excluding carboxylic acids is 2. The molecule has 2 amide bonds. The summed E-state index contributed by atoms with van der Waals surface area (Å²) < 4.78 is 5.18. The van der Waals surface area contributed by atoms with Crippen molar-refractivity contribution in [1.29, 1.82) is 0 Å². The highest BCUT2D eigenvalue weighted by Gasteiger charge is 2.34. The summed E-state index contributed by atoms with van der Waals surface area (Å²) >= 11 is 0. The van der Waals surface area contributed by atoms with Gasteiger partial charge in [-0.3, -0.25) is 14.7 Å². The predicted molar refractivity (Wildman–Crippen MR) is 123 cm³/mol. The van der Waals surface area contributed by atoms with Gasteiger partial charge in [-0.25, -0.2) is 0 Å². The van der Waals surface area contributed by atoms with Crippen LogP contribution < -0.4 is 4.74 Å². The number of carbonyl (C=O) groups is 2. The molecule has 1 aromatic carbocycles. The molecule has 0 aliphatic carbocycles. The van der Waals surface area contributed by atoms with Crippen molar-refractivity contribution in [3.63, 3.8) is 0 Å². The molecule has 2 aliphatic rings. The van der Waals surface area contributed by atoms with Crippen molar-refractivity contribution in [1.82, 2.24) is 20.0 Å². The highest BCUT2D eigenvalue weighted by atomic mass is 16.5. The number of rotatable bonds is 5. The quantitative estimate of drug-likeness (QED) is 0.771. The maximum atomic E-state index is 13.4. The van der Waals surface area contributed by atoms with Gasteiger partial charge >= 0.3 is 0 Å². The van der Waals surface area contributed by atoms with Crippen molar-refractivity contribution in [2.45, 2.75) is 70.4 Å². The van der Waals surface area contributed by atoms with Crippen LogP contribution in [0.25, 0.3) is 0 Å². The van der Waals surface area contributed by atoms with E-state index >= 15 is 0 Å². The van der Waals surface area contributed by atoms with Crippen LogP contribution in [0.5, 0.6) is 5.75 Å². The zero-order chi connectivity index (χ0) is 22.7. The van der Waals surface area contributed by atoms with Crippen molar-refractivity contribution < 1.29 is 14.3 Å². The predicted octanol–water partition coefficient (Wildman–Crippen LogP) is 3.77. The van der Waals surface area contributed by atoms with Gasteiger partial charge in [-0.15, -0.1) is 0 Å². The molecule has 2 atom stereocenters. The lowest BCUT2D eigenvalue weighted by molar-refractivity contribution is -0.131. The van der Waals surface area contributed by atoms with E-state index in [1.165, 1.54) is 6.42 Å². The standard InChI is InChI=1S/C25H34N4O3/c1-17-5-4-6-18(2)29(17)25(31)22-16-26-27-24(22)20-11-13-28(14-12-20)23(30)15-19-7-9-21(32-3)10-8-19/h7-10,16-18,20H,4-6,11-15H2,1-3H3,(H,26,27)/t17-,18-/m1/s1. The Bertz CT molecular complexity index is 921. The highest BCUT2D eigenvalue weighted by Crippen LogP contribution is 2.32. The lowest BCUT2D eigenvalue weighted by Crippen LogP contribution is -2.47. The Labute approximate surface area is 190 Å². The van der Waals surface area contributed by atoms with E-state index in [9.17, 15) is 9.59 Å². The van der Waals surface area contributed by atoms with E-state index in [1.807, 2.05) is 34.1 Å². The molecule has 0 saturated carbocycles. The summed E-state index contributed by atoms with van der Waals surface area (Å²) in [6, 6.07) is 8.16. The molecule has 0 bridgehead atoms. The molecule has 2 saturated heterocycles. The first-order chi connectivity index (χ1) is 15.5. The lowest BCUT2D eigenvalue weighted by Gasteiger charge is -2.39. The van der Waals surface area contributed by atoms with E-state index in [2.05, 4.69) is 24.0 Å². The van der Waals surface area contributed by atoms with Crippen LogP contribution in [-0.2, 0) is 11.2 Å². The summed E-state index contributed by atoms with van der Waals surface area (Å²) in [5.74, 6) is 1.24. The normalized spacial score (nSPS) is 22.1. The first kappa shape index (κ1) is 22.4. The van der Waals surface area contributed by atoms with Crippen LogP contribution >= 0.6 is 0 Å². The zero-order valence-electron chi connectivity index (χ0n) is 19.3. The largest absolute Gasteiger partial charge is 0.497 e. The van der Waals surface area contributed by atoms with Gasteiger partial charge in [0.1, 0.15) is 5.75 Å². The number of aromatic nitrogens is 2. The second kappa shape index (κ2) is 9.76. The molecule has 0 unspecified atom stereocenters. The first-order valence-electron chi connectivity index (χ1n) is 11.7. The SMILES string of the molecule is COc1ccc(CC(=O)N2CCC(c3[nH]ncc3C(=O)N3[C@H](C)CCC[C@H]3C)CC2)cc1. The van der Waals surface area contributed by atoms with Crippen LogP contribution in [0.1, 0.15) is 73.5 Å². The molecule has 0 radical (unpaired) electrons. The van der Waals surface area contributed by atoms with Crippen molar-refractivity contribution in [2.24, 2.45) is 0 Å². The van der Waals surface area contributed by atoms with Crippen LogP contribution in [-0.4, -0.2) is 64.1 Å². The van der Waals surface area contributed by atoms with Crippen LogP contribution in [0.15, 0.2) is 30.5 Å². The van der Waals surface area contributed by atoms with Gasteiger partial charge in [-0.05, 0) is 63.6 Å². The number of ether oxygens (including phenoxy) is 1. The zero-order valence-corrected chi connectivity index (χ0v) is 19.3. The number of piperidine rings is 2. The maximum absolute atomic E-state index is 13.4. The van der Waals surface area contributed by atoms with Crippen LogP contribution in [0.3, 0.4) is 0 Å². The topological polar surface area (TPSA) is 78.5 Å². The molecular formula is C25H34N4O3. The van der Waals surface area contributed by atoms with Gasteiger partial charge in [0.05, 0.1) is 31.0 Å². The van der Waals surface area contributed by atoms with E-state index in [0.29, 0.717) is 25.1 Å². The average Bonchev–Trinajstić information content (AvgIpc) is 3.29. The van der Waals surface area contributed by atoms with E-state index in [1.54, 1.807) is 13.3 Å². The Morgan fingerprint density at radius 3 is 2.34 bits per heavy atom. The molecule has 3 heterocycles. The summed E-state index contributed by atoms with van der Waals surface area (Å²) in [5.41, 5.74) is 2.62. The second-order valence-electron chi connectivity index (χ2n) is 9.22. The minimum absolute atomic E-state index is 0.0893. The lowest BCUT2D eigenvalue weighted by atomic mass is 9.90. The van der Waals surface area contributed by atoms with Crippen molar-refractivity contribution >= 4 is 11.8 Å². The molecule has 2 aromatic rings. The Kier molecular flexibility index (Phi) is 6.82. The van der Waals surface area contributed by atoms with E-state index in [0.717, 1.165) is 42.7 Å². The molecule has 1 N–H and O–H groups in total. The van der Waals surface area contributed by atoms with Crippen molar-refractivity contribution in [2.75, 3.05) is 20.2 Å². The fraction of sp³-hybridized carbons (Fsp3) is 0.560. The maximum Gasteiger partial charge on any atom is 0.257 e. The fourth-order valence-electron chi connectivity index (χ4n) is 5.19. The summed E-state index contributed by atoms with van der Waals surface area (Å²) in [6.07, 6.45) is 7.03. The van der Waals surface area contributed by atoms with Gasteiger partial charge in [0.15, 0.2) is 0 Å². The first-order valence-corrected chi connectivity index (χ1v) is 11.7. The van der Waals surface area contributed by atoms with Gasteiger partial charge in [0, 0.05) is 31.1 Å². The monoisotopic (exact) mass is 438 g/mol. The summed E-state index contributed by atoms with van der Waals surface area (Å²) in [7, 11) is 1.64. The van der Waals surface area contributed by atoms with Gasteiger partial charge in [0.2, 0.25) is 5.91 Å². The summed E-state index contributed by atoms with van der Waals surface area (Å²) in [4.78, 5) is 30.1. The molecule has 0 spiro atoms. The van der Waals surface area contributed by atoms with Gasteiger partial charge in [-0.1, -0.05) is 12.1 Å². The minimum Gasteiger partial charge on any atom is -0.497 e. The molecule has 7 heteroatoms. The number of aromatic amines is 1. The molecule has 2 aliphatic heterocycles. The number of methoxy groups -OCH3 is 1. The van der Waals surface area contributed by atoms with Crippen LogP contribution in [0.2, 0.25) is 0 Å². The number of nitrogens with one attached hydrogen (secondary N) is 1. The summed E-state index contributed by atoms with van der Waals surface area (Å²) in [5, 5.41) is 7.33. The third-order valence-corrected chi connectivity index (χ3v) is 7.10. The molecule has 7 nitrogen and oxygen atoms in total. The Balaban J connectivity index is 1.37. The highest BCUT2D eigenvalue weighted by molar-refractivity contribution is 5.95. The molecule has 172 valence electrons. The number of nitrogens with zero attached hydrogens (tertiary/aromatic N) is 3. The Hall–Kier alpha value is -2.83. The van der Waals surface area contributed by atoms with Crippen LogP contribution in [0.4, 0.5) is 0 Å². The molecule has 32 heavy (non-hydrogen) atoms. The molecule has 4 rings (SSSR count). The number of likely N-dealkylation sites (tertiary alicyclic amines) is 2. The van der Waals surface area contributed by atoms with Crippen molar-refractivity contribution in [3.05, 3.63) is 47.3 Å². The molecule has 2 fully saturated rings. The van der Waals surface area contributed by atoms with Gasteiger partial charge < -0.3 is 14.5 Å². The number of amides is 2. The third kappa shape index (κ3) is 4.66. The second-order valence-corrected chi connectivity index (χ2v) is 9.22. The minimum atomic E-state index is 0.0893. The van der Waals surface area contributed by atoms with Gasteiger partial charge in [0.25, 0.3) is 5.91 Å². The average molecular weight is 439 g/mol. The van der Waals surface area contributed by atoms with Gasteiger partial charge in [-0.2, -0.15) is 5.10 Å². The fourth-order valence-corrected chi connectivity index (χ4v) is 5.19. The van der Waals surface area contributed by atoms with Crippen LogP contribution in [0, 0.1) is 0 Å². The molecule has 1 aromatic heterocycles. The molecular weight excluding hydrogens is 404 g/mol. The van der Waals surface area contributed by atoms with E-state index in [4.69, 9.17) is 4.74 Å². The Morgan fingerprint density at radius 1 is 1.06 bits per heavy atom.